The summed E-state index contributed by atoms with van der Waals surface area (Å²) < 4.78 is 5.67. The molecule has 16 heavy (non-hydrogen) atoms. The van der Waals surface area contributed by atoms with Crippen molar-refractivity contribution in [3.05, 3.63) is 0 Å². The average molecular weight is 228 g/mol. The molecule has 1 rings (SSSR count). The van der Waals surface area contributed by atoms with Crippen LogP contribution in [0.2, 0.25) is 0 Å². The summed E-state index contributed by atoms with van der Waals surface area (Å²) in [7, 11) is 0. The third-order valence-corrected chi connectivity index (χ3v) is 3.37. The van der Waals surface area contributed by atoms with Crippen molar-refractivity contribution in [2.75, 3.05) is 32.8 Å². The first-order chi connectivity index (χ1) is 7.77. The van der Waals surface area contributed by atoms with Gasteiger partial charge in [0.15, 0.2) is 0 Å². The lowest BCUT2D eigenvalue weighted by Gasteiger charge is -2.36. The Hall–Kier alpha value is -0.120. The van der Waals surface area contributed by atoms with Crippen LogP contribution in [-0.2, 0) is 4.74 Å². The Morgan fingerprint density at radius 1 is 1.31 bits per heavy atom. The van der Waals surface area contributed by atoms with Crippen molar-refractivity contribution in [2.24, 2.45) is 0 Å². The Bertz CT molecular complexity index is 167. The van der Waals surface area contributed by atoms with Gasteiger partial charge in [-0.2, -0.15) is 0 Å². The first kappa shape index (κ1) is 13.9. The Balaban J connectivity index is 2.14. The maximum absolute atomic E-state index is 5.67. The quantitative estimate of drug-likeness (QED) is 0.673. The summed E-state index contributed by atoms with van der Waals surface area (Å²) in [5, 5.41) is 3.50. The highest BCUT2D eigenvalue weighted by atomic mass is 16.5. The number of hydrogen-bond acceptors (Lipinski definition) is 3. The van der Waals surface area contributed by atoms with Gasteiger partial charge in [0, 0.05) is 32.3 Å². The van der Waals surface area contributed by atoms with Gasteiger partial charge in [-0.25, -0.2) is 0 Å². The van der Waals surface area contributed by atoms with Gasteiger partial charge in [0.2, 0.25) is 0 Å². The largest absolute Gasteiger partial charge is 0.378 e. The van der Waals surface area contributed by atoms with E-state index in [0.717, 1.165) is 19.7 Å². The van der Waals surface area contributed by atoms with Crippen molar-refractivity contribution >= 4 is 0 Å². The fourth-order valence-electron chi connectivity index (χ4n) is 2.34. The smallest absolute Gasteiger partial charge is 0.0599 e. The summed E-state index contributed by atoms with van der Waals surface area (Å²) in [6, 6.07) is 0.661. The van der Waals surface area contributed by atoms with Crippen LogP contribution >= 0.6 is 0 Å². The van der Waals surface area contributed by atoms with Crippen LogP contribution in [-0.4, -0.2) is 49.8 Å². The number of ether oxygens (including phenoxy) is 1. The molecule has 0 amide bonds. The lowest BCUT2D eigenvalue weighted by Crippen LogP contribution is -2.46. The van der Waals surface area contributed by atoms with Crippen LogP contribution < -0.4 is 5.32 Å². The first-order valence-electron chi connectivity index (χ1n) is 6.84. The van der Waals surface area contributed by atoms with Crippen molar-refractivity contribution in [3.63, 3.8) is 0 Å². The predicted octanol–water partition coefficient (Wildman–Crippen LogP) is 1.88. The molecular weight excluding hydrogens is 200 g/mol. The average Bonchev–Trinajstić information content (AvgIpc) is 2.30. The molecule has 1 aliphatic rings. The summed E-state index contributed by atoms with van der Waals surface area (Å²) in [4.78, 5) is 2.58. The van der Waals surface area contributed by atoms with E-state index in [4.69, 9.17) is 4.74 Å². The standard InChI is InChI=1S/C13H28N2O/c1-4-8-14-11-12(3)15-9-6-13(7-10-15)16-5-2/h12-14H,4-11H2,1-3H3. The van der Waals surface area contributed by atoms with Crippen LogP contribution in [0.1, 0.15) is 40.0 Å². The van der Waals surface area contributed by atoms with E-state index in [1.807, 2.05) is 0 Å². The van der Waals surface area contributed by atoms with Crippen LogP contribution in [0.4, 0.5) is 0 Å². The molecule has 0 bridgehead atoms. The monoisotopic (exact) mass is 228 g/mol. The summed E-state index contributed by atoms with van der Waals surface area (Å²) in [5.41, 5.74) is 0. The zero-order valence-corrected chi connectivity index (χ0v) is 11.2. The molecule has 96 valence electrons. The van der Waals surface area contributed by atoms with Crippen LogP contribution in [0.3, 0.4) is 0 Å². The number of nitrogens with one attached hydrogen (secondary N) is 1. The van der Waals surface area contributed by atoms with Gasteiger partial charge in [-0.15, -0.1) is 0 Å². The highest BCUT2D eigenvalue weighted by Crippen LogP contribution is 2.15. The summed E-state index contributed by atoms with van der Waals surface area (Å²) in [6.07, 6.45) is 4.13. The Morgan fingerprint density at radius 3 is 2.56 bits per heavy atom. The second kappa shape index (κ2) is 8.04. The third-order valence-electron chi connectivity index (χ3n) is 3.37. The van der Waals surface area contributed by atoms with Gasteiger partial charge in [-0.3, -0.25) is 4.90 Å². The van der Waals surface area contributed by atoms with Crippen molar-refractivity contribution in [2.45, 2.75) is 52.2 Å². The van der Waals surface area contributed by atoms with E-state index in [0.29, 0.717) is 12.1 Å². The fourth-order valence-corrected chi connectivity index (χ4v) is 2.34. The minimum absolute atomic E-state index is 0.511. The Kier molecular flexibility index (Phi) is 7.01. The van der Waals surface area contributed by atoms with Crippen molar-refractivity contribution in [3.8, 4) is 0 Å². The van der Waals surface area contributed by atoms with Gasteiger partial charge in [0.1, 0.15) is 0 Å². The molecule has 0 aromatic rings. The topological polar surface area (TPSA) is 24.5 Å². The van der Waals surface area contributed by atoms with E-state index >= 15 is 0 Å². The lowest BCUT2D eigenvalue weighted by atomic mass is 10.1. The molecule has 0 aromatic carbocycles. The fraction of sp³-hybridized carbons (Fsp3) is 1.00. The SMILES string of the molecule is CCCNCC(C)N1CCC(OCC)CC1. The number of piperidine rings is 1. The summed E-state index contributed by atoms with van der Waals surface area (Å²) >= 11 is 0. The van der Waals surface area contributed by atoms with Gasteiger partial charge in [0.05, 0.1) is 6.10 Å². The lowest BCUT2D eigenvalue weighted by molar-refractivity contribution is 0.00595. The Labute approximate surface area is 101 Å². The molecule has 1 heterocycles. The molecule has 3 heteroatoms. The Morgan fingerprint density at radius 2 is 2.00 bits per heavy atom. The van der Waals surface area contributed by atoms with Crippen LogP contribution in [0.15, 0.2) is 0 Å². The molecule has 0 radical (unpaired) electrons. The molecule has 0 saturated carbocycles. The molecule has 1 unspecified atom stereocenters. The van der Waals surface area contributed by atoms with Crippen LogP contribution in [0.25, 0.3) is 0 Å². The normalized spacial score (nSPS) is 21.2. The first-order valence-corrected chi connectivity index (χ1v) is 6.84. The number of nitrogens with zero attached hydrogens (tertiary/aromatic N) is 1. The maximum atomic E-state index is 5.67. The number of hydrogen-bond donors (Lipinski definition) is 1. The maximum Gasteiger partial charge on any atom is 0.0599 e. The minimum atomic E-state index is 0.511. The molecule has 0 aromatic heterocycles. The zero-order valence-electron chi connectivity index (χ0n) is 11.2. The van der Waals surface area contributed by atoms with Crippen LogP contribution in [0.5, 0.6) is 0 Å². The molecule has 1 N–H and O–H groups in total. The summed E-state index contributed by atoms with van der Waals surface area (Å²) in [6.45, 7) is 12.1. The van der Waals surface area contributed by atoms with Gasteiger partial charge in [-0.1, -0.05) is 6.92 Å². The van der Waals surface area contributed by atoms with Gasteiger partial charge in [-0.05, 0) is 39.7 Å². The van der Waals surface area contributed by atoms with Gasteiger partial charge in [0.25, 0.3) is 0 Å². The molecular formula is C13H28N2O. The second-order valence-electron chi connectivity index (χ2n) is 4.74. The molecule has 1 aliphatic heterocycles. The van der Waals surface area contributed by atoms with Gasteiger partial charge >= 0.3 is 0 Å². The van der Waals surface area contributed by atoms with Crippen LogP contribution in [0, 0.1) is 0 Å². The molecule has 3 nitrogen and oxygen atoms in total. The van der Waals surface area contributed by atoms with Crippen molar-refractivity contribution in [1.82, 2.24) is 10.2 Å². The van der Waals surface area contributed by atoms with Crippen molar-refractivity contribution in [1.29, 1.82) is 0 Å². The second-order valence-corrected chi connectivity index (χ2v) is 4.74. The highest BCUT2D eigenvalue weighted by molar-refractivity contribution is 4.77. The number of rotatable bonds is 7. The van der Waals surface area contributed by atoms with E-state index in [9.17, 15) is 0 Å². The molecule has 1 saturated heterocycles. The number of likely N-dealkylation sites (tertiary alicyclic amines) is 1. The van der Waals surface area contributed by atoms with E-state index in [-0.39, 0.29) is 0 Å². The molecule has 0 aliphatic carbocycles. The molecule has 1 atom stereocenters. The van der Waals surface area contributed by atoms with E-state index < -0.39 is 0 Å². The summed E-state index contributed by atoms with van der Waals surface area (Å²) in [5.74, 6) is 0. The minimum Gasteiger partial charge on any atom is -0.378 e. The highest BCUT2D eigenvalue weighted by Gasteiger charge is 2.22. The third kappa shape index (κ3) is 4.81. The molecule has 0 spiro atoms. The molecule has 1 fully saturated rings. The van der Waals surface area contributed by atoms with E-state index in [2.05, 4.69) is 31.0 Å². The van der Waals surface area contributed by atoms with Gasteiger partial charge < -0.3 is 10.1 Å². The van der Waals surface area contributed by atoms with Crippen molar-refractivity contribution < 1.29 is 4.74 Å². The van der Waals surface area contributed by atoms with E-state index in [1.54, 1.807) is 0 Å². The van der Waals surface area contributed by atoms with E-state index in [1.165, 1.54) is 32.4 Å². The zero-order chi connectivity index (χ0) is 11.8. The predicted molar refractivity (Wildman–Crippen MR) is 68.8 cm³/mol.